The zero-order chi connectivity index (χ0) is 14.2. The van der Waals surface area contributed by atoms with Gasteiger partial charge in [0, 0.05) is 16.4 Å². The maximum atomic E-state index is 11.0. The third kappa shape index (κ3) is 10.1. The van der Waals surface area contributed by atoms with E-state index in [-0.39, 0.29) is 37.9 Å². The van der Waals surface area contributed by atoms with Gasteiger partial charge in [-0.15, -0.1) is 0 Å². The van der Waals surface area contributed by atoms with Gasteiger partial charge in [-0.3, -0.25) is 3.15 Å². The highest BCUT2D eigenvalue weighted by molar-refractivity contribution is 14.2. The molecule has 0 radical (unpaired) electrons. The first-order valence-electron chi connectivity index (χ1n) is 6.74. The van der Waals surface area contributed by atoms with Crippen LogP contribution in [0.5, 0.6) is 0 Å². The van der Waals surface area contributed by atoms with Crippen molar-refractivity contribution in [1.82, 2.24) is 5.32 Å². The third-order valence-corrected chi connectivity index (χ3v) is 5.51. The molecule has 0 aliphatic carbocycles. The number of nitrogens with zero attached hydrogens (tertiary/aromatic N) is 1. The van der Waals surface area contributed by atoms with Crippen LogP contribution >= 0.6 is 21.0 Å². The molecule has 0 aromatic carbocycles. The topological polar surface area (TPSA) is 41.5 Å². The summed E-state index contributed by atoms with van der Waals surface area (Å²) in [5, 5.41) is 3.49. The molecule has 0 spiro atoms. The number of nitrogens with one attached hydrogen (secondary N) is 1. The van der Waals surface area contributed by atoms with Crippen molar-refractivity contribution in [3.63, 3.8) is 0 Å². The van der Waals surface area contributed by atoms with E-state index in [0.717, 1.165) is 13.0 Å². The third-order valence-electron chi connectivity index (χ3n) is 2.84. The molecule has 3 nitrogen and oxygen atoms in total. The Morgan fingerprint density at radius 1 is 1.22 bits per heavy atom. The van der Waals surface area contributed by atoms with Gasteiger partial charge in [0.2, 0.25) is 0 Å². The first kappa shape index (κ1) is 18.2. The largest absolute Gasteiger partial charge is 0.312 e. The van der Waals surface area contributed by atoms with E-state index >= 15 is 0 Å². The van der Waals surface area contributed by atoms with Crippen molar-refractivity contribution in [3.05, 3.63) is 0 Å². The van der Waals surface area contributed by atoms with E-state index in [1.54, 1.807) is 6.92 Å². The Labute approximate surface area is 123 Å². The van der Waals surface area contributed by atoms with Gasteiger partial charge < -0.3 is 10.1 Å². The summed E-state index contributed by atoms with van der Waals surface area (Å²) in [7, 11) is 0. The zero-order valence-corrected chi connectivity index (χ0v) is 14.9. The minimum absolute atomic E-state index is 0.0126. The number of hydrogen-bond acceptors (Lipinski definition) is 3. The Morgan fingerprint density at radius 3 is 2.33 bits per heavy atom. The van der Waals surface area contributed by atoms with Crippen LogP contribution < -0.4 is 5.32 Å². The summed E-state index contributed by atoms with van der Waals surface area (Å²) >= 11 is -0.101. The van der Waals surface area contributed by atoms with Gasteiger partial charge in [-0.25, -0.2) is 0 Å². The molecular weight excluding hydrogens is 339 g/mol. The number of carbonyl (C=O) groups excluding carboxylic acids is 1. The van der Waals surface area contributed by atoms with Gasteiger partial charge in [0.25, 0.3) is 0 Å². The quantitative estimate of drug-likeness (QED) is 0.492. The molecule has 108 valence electrons. The van der Waals surface area contributed by atoms with Crippen molar-refractivity contribution in [1.29, 1.82) is 0 Å². The van der Waals surface area contributed by atoms with E-state index in [2.05, 4.69) is 39.9 Å². The Kier molecular flexibility index (Phi) is 8.43. The number of carbonyl (C=O) groups is 1. The van der Waals surface area contributed by atoms with Crippen molar-refractivity contribution in [2.24, 2.45) is 3.15 Å². The fraction of sp³-hybridized carbons (Fsp3) is 0.929. The smallest absolute Gasteiger partial charge is 0.129 e. The highest BCUT2D eigenvalue weighted by Crippen LogP contribution is 2.23. The molecule has 0 rings (SSSR count). The summed E-state index contributed by atoms with van der Waals surface area (Å²) in [6, 6.07) is 0. The number of rotatable bonds is 9. The number of Topliss-reactive ketones (excluding diaryl/α,β-unsaturated/α-hetero) is 1. The van der Waals surface area contributed by atoms with Crippen molar-refractivity contribution < 1.29 is 4.79 Å². The van der Waals surface area contributed by atoms with Crippen LogP contribution in [0.25, 0.3) is 0 Å². The number of ketones is 1. The Balaban J connectivity index is 4.03. The number of halogens is 1. The van der Waals surface area contributed by atoms with E-state index in [4.69, 9.17) is 3.15 Å². The molecule has 0 unspecified atom stereocenters. The molecule has 0 saturated heterocycles. The first-order valence-corrected chi connectivity index (χ1v) is 9.23. The van der Waals surface area contributed by atoms with Crippen LogP contribution in [0.1, 0.15) is 60.8 Å². The van der Waals surface area contributed by atoms with Gasteiger partial charge >= 0.3 is 0 Å². The summed E-state index contributed by atoms with van der Waals surface area (Å²) in [6.07, 6.45) is 2.72. The fourth-order valence-corrected chi connectivity index (χ4v) is 4.57. The van der Waals surface area contributed by atoms with Crippen LogP contribution in [0.3, 0.4) is 0 Å². The number of alkyl halides is 1. The first-order chi connectivity index (χ1) is 8.18. The average molecular weight is 368 g/mol. The Hall–Kier alpha value is 0.160. The molecule has 0 saturated carbocycles. The van der Waals surface area contributed by atoms with Crippen molar-refractivity contribution in [2.45, 2.75) is 71.9 Å². The summed E-state index contributed by atoms with van der Waals surface area (Å²) in [4.78, 5) is 11.0. The molecule has 0 heterocycles. The second-order valence-electron chi connectivity index (χ2n) is 6.07. The van der Waals surface area contributed by atoms with Crippen molar-refractivity contribution in [2.75, 3.05) is 11.0 Å². The fourth-order valence-electron chi connectivity index (χ4n) is 1.57. The molecule has 0 aliphatic rings. The lowest BCUT2D eigenvalue weighted by atomic mass is 9.99. The predicted octanol–water partition coefficient (Wildman–Crippen LogP) is 4.07. The Bertz CT molecular complexity index is 286. The Morgan fingerprint density at radius 2 is 1.83 bits per heavy atom. The van der Waals surface area contributed by atoms with Crippen LogP contribution in [-0.4, -0.2) is 27.8 Å². The van der Waals surface area contributed by atoms with Gasteiger partial charge in [0.1, 0.15) is 5.78 Å². The zero-order valence-electron chi connectivity index (χ0n) is 12.8. The maximum Gasteiger partial charge on any atom is 0.129 e. The normalized spacial score (nSPS) is 13.7. The van der Waals surface area contributed by atoms with Crippen LogP contribution in [0.15, 0.2) is 3.15 Å². The standard InChI is InChI=1S/C14H29IN2O/c1-7-16-13(3,4)10-11-15-17-14(5,6)9-8-12(2)18/h16H,7-11H2,1-6H3. The minimum Gasteiger partial charge on any atom is -0.312 e. The summed E-state index contributed by atoms with van der Waals surface area (Å²) < 4.78 is 6.03. The summed E-state index contributed by atoms with van der Waals surface area (Å²) in [5.41, 5.74) is 0.217. The molecule has 0 bridgehead atoms. The predicted molar refractivity (Wildman–Crippen MR) is 87.7 cm³/mol. The van der Waals surface area contributed by atoms with Crippen LogP contribution in [-0.2, 0) is 4.79 Å². The molecule has 0 aliphatic heterocycles. The molecule has 1 N–H and O–H groups in total. The number of hydrogen-bond donors (Lipinski definition) is 1. The summed E-state index contributed by atoms with van der Waals surface area (Å²) in [6.45, 7) is 13.6. The molecule has 0 fully saturated rings. The maximum absolute atomic E-state index is 11.0. The van der Waals surface area contributed by atoms with Crippen molar-refractivity contribution >= 4 is 26.8 Å². The van der Waals surface area contributed by atoms with Gasteiger partial charge in [0.05, 0.1) is 5.54 Å². The monoisotopic (exact) mass is 368 g/mol. The highest BCUT2D eigenvalue weighted by atomic mass is 127. The molecule has 0 atom stereocenters. The molecule has 4 heteroatoms. The van der Waals surface area contributed by atoms with Crippen LogP contribution in [0.2, 0.25) is 0 Å². The van der Waals surface area contributed by atoms with Crippen LogP contribution in [0.4, 0.5) is 0 Å². The van der Waals surface area contributed by atoms with Gasteiger partial charge in [-0.2, -0.15) is 0 Å². The average Bonchev–Trinajstić information content (AvgIpc) is 2.22. The van der Waals surface area contributed by atoms with Crippen molar-refractivity contribution in [3.8, 4) is 0 Å². The lowest BCUT2D eigenvalue weighted by Crippen LogP contribution is -2.39. The van der Waals surface area contributed by atoms with E-state index in [1.165, 1.54) is 10.8 Å². The molecular formula is C14H29IN2O. The highest BCUT2D eigenvalue weighted by Gasteiger charge is 2.17. The summed E-state index contributed by atoms with van der Waals surface area (Å²) in [5.74, 6) is 0.268. The van der Waals surface area contributed by atoms with E-state index in [0.29, 0.717) is 6.42 Å². The van der Waals surface area contributed by atoms with Gasteiger partial charge in [-0.1, -0.05) is 6.92 Å². The lowest BCUT2D eigenvalue weighted by molar-refractivity contribution is -0.117. The second-order valence-corrected chi connectivity index (χ2v) is 8.32. The van der Waals surface area contributed by atoms with Crippen LogP contribution in [0, 0.1) is 0 Å². The second kappa shape index (κ2) is 8.35. The molecule has 0 aromatic heterocycles. The molecule has 0 aromatic rings. The van der Waals surface area contributed by atoms with E-state index < -0.39 is 0 Å². The molecule has 18 heavy (non-hydrogen) atoms. The molecule has 0 amide bonds. The van der Waals surface area contributed by atoms with Gasteiger partial charge in [-0.05, 0) is 75.0 Å². The van der Waals surface area contributed by atoms with Gasteiger partial charge in [0.15, 0.2) is 0 Å². The van der Waals surface area contributed by atoms with E-state index in [1.807, 2.05) is 0 Å². The lowest BCUT2D eigenvalue weighted by Gasteiger charge is -2.25. The minimum atomic E-state index is -0.101. The SMILES string of the molecule is CCNC(C)(C)CCI=NC(C)(C)CCC(C)=O. The van der Waals surface area contributed by atoms with E-state index in [9.17, 15) is 4.79 Å².